The molecule has 0 spiro atoms. The van der Waals surface area contributed by atoms with Gasteiger partial charge in [0.1, 0.15) is 0 Å². The SMILES string of the molecule is CC(O)CCCNC(=O)C(C)(N)C1CC1. The second kappa shape index (κ2) is 4.94. The van der Waals surface area contributed by atoms with E-state index in [1.54, 1.807) is 13.8 Å². The zero-order valence-electron chi connectivity index (χ0n) is 9.62. The van der Waals surface area contributed by atoms with Crippen molar-refractivity contribution in [2.45, 2.75) is 51.2 Å². The van der Waals surface area contributed by atoms with Gasteiger partial charge in [-0.05, 0) is 45.4 Å². The van der Waals surface area contributed by atoms with Crippen LogP contribution in [-0.2, 0) is 4.79 Å². The number of hydrogen-bond donors (Lipinski definition) is 3. The summed E-state index contributed by atoms with van der Waals surface area (Å²) >= 11 is 0. The fourth-order valence-electron chi connectivity index (χ4n) is 1.66. The first-order valence-electron chi connectivity index (χ1n) is 5.70. The second-order valence-corrected chi connectivity index (χ2v) is 4.80. The van der Waals surface area contributed by atoms with Gasteiger partial charge < -0.3 is 16.2 Å². The van der Waals surface area contributed by atoms with E-state index in [-0.39, 0.29) is 12.0 Å². The molecule has 0 aromatic carbocycles. The van der Waals surface area contributed by atoms with Crippen LogP contribution in [0.4, 0.5) is 0 Å². The summed E-state index contributed by atoms with van der Waals surface area (Å²) in [6, 6.07) is 0. The van der Waals surface area contributed by atoms with Crippen molar-refractivity contribution in [3.05, 3.63) is 0 Å². The lowest BCUT2D eigenvalue weighted by Crippen LogP contribution is -2.53. The molecule has 0 aromatic rings. The number of nitrogens with one attached hydrogen (secondary N) is 1. The average molecular weight is 214 g/mol. The van der Waals surface area contributed by atoms with E-state index >= 15 is 0 Å². The van der Waals surface area contributed by atoms with Crippen molar-refractivity contribution >= 4 is 5.91 Å². The molecule has 4 N–H and O–H groups in total. The Morgan fingerprint density at radius 1 is 1.67 bits per heavy atom. The highest BCUT2D eigenvalue weighted by Gasteiger charge is 2.43. The van der Waals surface area contributed by atoms with Gasteiger partial charge in [0.15, 0.2) is 0 Å². The van der Waals surface area contributed by atoms with Gasteiger partial charge in [-0.1, -0.05) is 0 Å². The predicted octanol–water partition coefficient (Wildman–Crippen LogP) is 0.391. The number of amides is 1. The molecule has 88 valence electrons. The van der Waals surface area contributed by atoms with Crippen LogP contribution in [0.3, 0.4) is 0 Å². The van der Waals surface area contributed by atoms with E-state index in [1.165, 1.54) is 0 Å². The van der Waals surface area contributed by atoms with Crippen LogP contribution in [0.5, 0.6) is 0 Å². The summed E-state index contributed by atoms with van der Waals surface area (Å²) in [5, 5.41) is 11.9. The zero-order valence-corrected chi connectivity index (χ0v) is 9.62. The zero-order chi connectivity index (χ0) is 11.5. The normalized spacial score (nSPS) is 21.9. The third-order valence-corrected chi connectivity index (χ3v) is 3.00. The first-order valence-corrected chi connectivity index (χ1v) is 5.70. The number of carbonyl (C=O) groups is 1. The molecule has 4 nitrogen and oxygen atoms in total. The molecule has 4 heteroatoms. The highest BCUT2D eigenvalue weighted by Crippen LogP contribution is 2.38. The maximum atomic E-state index is 11.7. The van der Waals surface area contributed by atoms with Crippen molar-refractivity contribution in [3.63, 3.8) is 0 Å². The van der Waals surface area contributed by atoms with Crippen LogP contribution >= 0.6 is 0 Å². The second-order valence-electron chi connectivity index (χ2n) is 4.80. The monoisotopic (exact) mass is 214 g/mol. The summed E-state index contributed by atoms with van der Waals surface area (Å²) in [6.45, 7) is 4.15. The minimum Gasteiger partial charge on any atom is -0.393 e. The lowest BCUT2D eigenvalue weighted by Gasteiger charge is -2.23. The van der Waals surface area contributed by atoms with Gasteiger partial charge in [0.25, 0.3) is 0 Å². The summed E-state index contributed by atoms with van der Waals surface area (Å²) in [6.07, 6.45) is 3.34. The molecule has 15 heavy (non-hydrogen) atoms. The van der Waals surface area contributed by atoms with Gasteiger partial charge >= 0.3 is 0 Å². The molecule has 1 saturated carbocycles. The molecule has 2 unspecified atom stereocenters. The van der Waals surface area contributed by atoms with Crippen LogP contribution in [0.25, 0.3) is 0 Å². The molecule has 0 heterocycles. The van der Waals surface area contributed by atoms with Gasteiger partial charge in [0, 0.05) is 6.54 Å². The fraction of sp³-hybridized carbons (Fsp3) is 0.909. The molecule has 2 atom stereocenters. The first-order chi connectivity index (χ1) is 6.94. The molecule has 0 aliphatic heterocycles. The van der Waals surface area contributed by atoms with E-state index in [0.29, 0.717) is 18.9 Å². The minimum atomic E-state index is -0.704. The molecule has 1 aliphatic rings. The number of hydrogen-bond acceptors (Lipinski definition) is 3. The van der Waals surface area contributed by atoms with E-state index < -0.39 is 5.54 Å². The van der Waals surface area contributed by atoms with Crippen LogP contribution in [0.15, 0.2) is 0 Å². The number of carbonyl (C=O) groups excluding carboxylic acids is 1. The Bertz CT molecular complexity index is 223. The molecule has 0 radical (unpaired) electrons. The van der Waals surface area contributed by atoms with Crippen LogP contribution in [0.1, 0.15) is 39.5 Å². The molecule has 1 fully saturated rings. The average Bonchev–Trinajstić information content (AvgIpc) is 2.94. The van der Waals surface area contributed by atoms with E-state index in [1.807, 2.05) is 0 Å². The third-order valence-electron chi connectivity index (χ3n) is 3.00. The van der Waals surface area contributed by atoms with E-state index in [0.717, 1.165) is 19.3 Å². The quantitative estimate of drug-likeness (QED) is 0.560. The minimum absolute atomic E-state index is 0.0596. The summed E-state index contributed by atoms with van der Waals surface area (Å²) < 4.78 is 0. The Balaban J connectivity index is 2.18. The third kappa shape index (κ3) is 3.80. The van der Waals surface area contributed by atoms with E-state index in [9.17, 15) is 4.79 Å². The lowest BCUT2D eigenvalue weighted by molar-refractivity contribution is -0.126. The maximum absolute atomic E-state index is 11.7. The Labute approximate surface area is 91.2 Å². The van der Waals surface area contributed by atoms with Gasteiger partial charge in [0.2, 0.25) is 5.91 Å². The largest absolute Gasteiger partial charge is 0.393 e. The molecular weight excluding hydrogens is 192 g/mol. The highest BCUT2D eigenvalue weighted by molar-refractivity contribution is 5.86. The van der Waals surface area contributed by atoms with Crippen molar-refractivity contribution < 1.29 is 9.90 Å². The molecule has 0 saturated heterocycles. The number of rotatable bonds is 6. The van der Waals surface area contributed by atoms with Crippen LogP contribution in [0, 0.1) is 5.92 Å². The predicted molar refractivity (Wildman–Crippen MR) is 59.2 cm³/mol. The molecule has 1 amide bonds. The molecular formula is C11H22N2O2. The van der Waals surface area contributed by atoms with Crippen LogP contribution in [0.2, 0.25) is 0 Å². The standard InChI is InChI=1S/C11H22N2O2/c1-8(14)4-3-7-13-10(15)11(2,12)9-5-6-9/h8-9,14H,3-7,12H2,1-2H3,(H,13,15). The van der Waals surface area contributed by atoms with Crippen molar-refractivity contribution in [2.75, 3.05) is 6.54 Å². The fourth-order valence-corrected chi connectivity index (χ4v) is 1.66. The van der Waals surface area contributed by atoms with Gasteiger partial charge in [-0.3, -0.25) is 4.79 Å². The number of aliphatic hydroxyl groups excluding tert-OH is 1. The van der Waals surface area contributed by atoms with Gasteiger partial charge in [-0.25, -0.2) is 0 Å². The Hall–Kier alpha value is -0.610. The number of nitrogens with two attached hydrogens (primary N) is 1. The Morgan fingerprint density at radius 2 is 2.27 bits per heavy atom. The number of aliphatic hydroxyl groups is 1. The molecule has 1 aliphatic carbocycles. The molecule has 0 bridgehead atoms. The van der Waals surface area contributed by atoms with Crippen LogP contribution in [-0.4, -0.2) is 29.2 Å². The topological polar surface area (TPSA) is 75.3 Å². The smallest absolute Gasteiger partial charge is 0.240 e. The van der Waals surface area contributed by atoms with E-state index in [4.69, 9.17) is 10.8 Å². The summed E-state index contributed by atoms with van der Waals surface area (Å²) in [4.78, 5) is 11.7. The molecule has 1 rings (SSSR count). The maximum Gasteiger partial charge on any atom is 0.240 e. The van der Waals surface area contributed by atoms with Gasteiger partial charge in [0.05, 0.1) is 11.6 Å². The van der Waals surface area contributed by atoms with Crippen molar-refractivity contribution in [1.29, 1.82) is 0 Å². The Morgan fingerprint density at radius 3 is 2.73 bits per heavy atom. The van der Waals surface area contributed by atoms with Crippen molar-refractivity contribution in [1.82, 2.24) is 5.32 Å². The van der Waals surface area contributed by atoms with Crippen molar-refractivity contribution in [3.8, 4) is 0 Å². The lowest BCUT2D eigenvalue weighted by atomic mass is 9.96. The van der Waals surface area contributed by atoms with Crippen LogP contribution < -0.4 is 11.1 Å². The summed E-state index contributed by atoms with van der Waals surface area (Å²) in [5.41, 5.74) is 5.24. The van der Waals surface area contributed by atoms with Gasteiger partial charge in [-0.2, -0.15) is 0 Å². The molecule has 0 aromatic heterocycles. The first kappa shape index (κ1) is 12.5. The highest BCUT2D eigenvalue weighted by atomic mass is 16.3. The van der Waals surface area contributed by atoms with Crippen molar-refractivity contribution in [2.24, 2.45) is 11.7 Å². The van der Waals surface area contributed by atoms with Gasteiger partial charge in [-0.15, -0.1) is 0 Å². The summed E-state index contributed by atoms with van der Waals surface area (Å²) in [7, 11) is 0. The summed E-state index contributed by atoms with van der Waals surface area (Å²) in [5.74, 6) is 0.296. The Kier molecular flexibility index (Phi) is 4.11. The van der Waals surface area contributed by atoms with E-state index in [2.05, 4.69) is 5.32 Å².